The van der Waals surface area contributed by atoms with E-state index in [9.17, 15) is 9.59 Å². The first kappa shape index (κ1) is 15.3. The molecule has 0 aromatic carbocycles. The van der Waals surface area contributed by atoms with Crippen LogP contribution >= 0.6 is 0 Å². The predicted molar refractivity (Wildman–Crippen MR) is 79.6 cm³/mol. The van der Waals surface area contributed by atoms with Crippen LogP contribution in [0.1, 0.15) is 16.1 Å². The molecule has 0 saturated heterocycles. The van der Waals surface area contributed by atoms with Crippen LogP contribution in [0.4, 0.5) is 0 Å². The predicted octanol–water partition coefficient (Wildman–Crippen LogP) is 1.16. The van der Waals surface area contributed by atoms with Crippen molar-refractivity contribution in [3.63, 3.8) is 0 Å². The molecule has 1 N–H and O–H groups in total. The van der Waals surface area contributed by atoms with Gasteiger partial charge in [0.05, 0.1) is 18.3 Å². The number of aromatic nitrogens is 1. The highest BCUT2D eigenvalue weighted by Gasteiger charge is 2.04. The Morgan fingerprint density at radius 3 is 2.86 bits per heavy atom. The molecule has 0 aliphatic carbocycles. The van der Waals surface area contributed by atoms with Gasteiger partial charge in [-0.1, -0.05) is 11.8 Å². The number of nitrogens with zero attached hydrogens (tertiary/aromatic N) is 1. The number of nitrogens with one attached hydrogen (secondary N) is 1. The molecule has 0 bridgehead atoms. The lowest BCUT2D eigenvalue weighted by atomic mass is 10.3. The average Bonchev–Trinajstić information content (AvgIpc) is 2.53. The number of rotatable bonds is 4. The molecule has 22 heavy (non-hydrogen) atoms. The van der Waals surface area contributed by atoms with Crippen LogP contribution < -0.4 is 15.7 Å². The van der Waals surface area contributed by atoms with Crippen molar-refractivity contribution in [1.82, 2.24) is 10.3 Å². The van der Waals surface area contributed by atoms with E-state index in [2.05, 4.69) is 26.6 Å². The van der Waals surface area contributed by atoms with Gasteiger partial charge in [-0.3, -0.25) is 9.78 Å². The number of carbonyl (C=O) groups is 1. The summed E-state index contributed by atoms with van der Waals surface area (Å²) in [5, 5.41) is 2.58. The van der Waals surface area contributed by atoms with E-state index in [1.54, 1.807) is 6.20 Å². The van der Waals surface area contributed by atoms with E-state index in [1.165, 1.54) is 12.1 Å². The van der Waals surface area contributed by atoms with E-state index in [0.717, 1.165) is 12.0 Å². The number of hydrogen-bond donors (Lipinski definition) is 1. The lowest BCUT2D eigenvalue weighted by molar-refractivity contribution is 0.0956. The van der Waals surface area contributed by atoms with Crippen molar-refractivity contribution < 1.29 is 13.9 Å². The Morgan fingerprint density at radius 2 is 2.18 bits per heavy atom. The second kappa shape index (κ2) is 7.64. The number of hydrogen-bond acceptors (Lipinski definition) is 5. The normalized spacial score (nSPS) is 9.50. The molecule has 2 aromatic heterocycles. The van der Waals surface area contributed by atoms with Gasteiger partial charge in [0.1, 0.15) is 18.6 Å². The number of pyridine rings is 1. The third kappa shape index (κ3) is 4.80. The number of aryl methyl sites for hydroxylation is 1. The van der Waals surface area contributed by atoms with Crippen LogP contribution in [0, 0.1) is 18.8 Å². The summed E-state index contributed by atoms with van der Waals surface area (Å²) < 4.78 is 9.97. The lowest BCUT2D eigenvalue weighted by Crippen LogP contribution is -2.23. The molecule has 0 atom stereocenters. The first-order chi connectivity index (χ1) is 10.6. The van der Waals surface area contributed by atoms with Crippen LogP contribution in [-0.2, 0) is 0 Å². The van der Waals surface area contributed by atoms with Crippen molar-refractivity contribution in [3.05, 3.63) is 58.4 Å². The highest BCUT2D eigenvalue weighted by molar-refractivity contribution is 5.93. The molecule has 0 fully saturated rings. The fourth-order valence-electron chi connectivity index (χ4n) is 1.49. The van der Waals surface area contributed by atoms with E-state index in [0.29, 0.717) is 5.75 Å². The van der Waals surface area contributed by atoms with Crippen LogP contribution in [0.2, 0.25) is 0 Å². The topological polar surface area (TPSA) is 81.4 Å². The second-order valence-corrected chi connectivity index (χ2v) is 4.30. The molecule has 0 aliphatic heterocycles. The summed E-state index contributed by atoms with van der Waals surface area (Å²) in [6, 6.07) is 6.24. The zero-order valence-electron chi connectivity index (χ0n) is 12.0. The van der Waals surface area contributed by atoms with Crippen LogP contribution in [0.3, 0.4) is 0 Å². The smallest absolute Gasteiger partial charge is 0.335 e. The molecule has 0 spiro atoms. The zero-order valence-corrected chi connectivity index (χ0v) is 12.0. The van der Waals surface area contributed by atoms with E-state index in [1.807, 2.05) is 19.1 Å². The monoisotopic (exact) mass is 298 g/mol. The fourth-order valence-corrected chi connectivity index (χ4v) is 1.49. The summed E-state index contributed by atoms with van der Waals surface area (Å²) in [6.07, 6.45) is 2.74. The molecule has 112 valence electrons. The van der Waals surface area contributed by atoms with Gasteiger partial charge in [-0.2, -0.15) is 0 Å². The molecular formula is C16H14N2O4. The molecule has 1 amide bonds. The minimum atomic E-state index is -0.501. The highest BCUT2D eigenvalue weighted by Crippen LogP contribution is 2.07. The van der Waals surface area contributed by atoms with Crippen molar-refractivity contribution in [3.8, 4) is 17.6 Å². The quantitative estimate of drug-likeness (QED) is 0.856. The lowest BCUT2D eigenvalue weighted by Gasteiger charge is -2.01. The maximum absolute atomic E-state index is 11.7. The second-order valence-electron chi connectivity index (χ2n) is 4.30. The van der Waals surface area contributed by atoms with Crippen molar-refractivity contribution in [2.24, 2.45) is 0 Å². The number of carbonyl (C=O) groups excluding carboxylic acids is 1. The van der Waals surface area contributed by atoms with Crippen LogP contribution in [0.5, 0.6) is 5.75 Å². The Hall–Kier alpha value is -3.07. The van der Waals surface area contributed by atoms with Crippen LogP contribution in [0.25, 0.3) is 0 Å². The maximum atomic E-state index is 11.7. The van der Waals surface area contributed by atoms with Crippen molar-refractivity contribution in [1.29, 1.82) is 0 Å². The summed E-state index contributed by atoms with van der Waals surface area (Å²) in [7, 11) is 0. The molecule has 6 heteroatoms. The fraction of sp³-hybridized carbons (Fsp3) is 0.188. The molecule has 0 saturated carbocycles. The largest absolute Gasteiger partial charge is 0.479 e. The van der Waals surface area contributed by atoms with Crippen LogP contribution in [-0.4, -0.2) is 24.0 Å². The minimum absolute atomic E-state index is 0.174. The molecular weight excluding hydrogens is 284 g/mol. The van der Waals surface area contributed by atoms with Gasteiger partial charge >= 0.3 is 5.63 Å². The molecule has 0 unspecified atom stereocenters. The maximum Gasteiger partial charge on any atom is 0.335 e. The molecule has 0 radical (unpaired) electrons. The van der Waals surface area contributed by atoms with Gasteiger partial charge < -0.3 is 14.5 Å². The van der Waals surface area contributed by atoms with Gasteiger partial charge in [-0.05, 0) is 25.1 Å². The zero-order chi connectivity index (χ0) is 15.8. The van der Waals surface area contributed by atoms with Gasteiger partial charge in [0.25, 0.3) is 5.91 Å². The molecule has 2 rings (SSSR count). The highest BCUT2D eigenvalue weighted by atomic mass is 16.5. The van der Waals surface area contributed by atoms with Gasteiger partial charge in [-0.25, -0.2) is 4.79 Å². The Balaban J connectivity index is 1.72. The van der Waals surface area contributed by atoms with Crippen molar-refractivity contribution in [2.75, 3.05) is 13.2 Å². The first-order valence-electron chi connectivity index (χ1n) is 6.53. The first-order valence-corrected chi connectivity index (χ1v) is 6.53. The molecule has 2 aromatic rings. The number of ether oxygens (including phenoxy) is 1. The Morgan fingerprint density at radius 1 is 1.32 bits per heavy atom. The Kier molecular flexibility index (Phi) is 5.32. The molecule has 0 aliphatic rings. The van der Waals surface area contributed by atoms with Crippen molar-refractivity contribution in [2.45, 2.75) is 6.92 Å². The average molecular weight is 298 g/mol. The van der Waals surface area contributed by atoms with Gasteiger partial charge in [0, 0.05) is 11.8 Å². The minimum Gasteiger partial charge on any atom is -0.479 e. The third-order valence-electron chi connectivity index (χ3n) is 2.62. The van der Waals surface area contributed by atoms with Gasteiger partial charge in [0.2, 0.25) is 0 Å². The summed E-state index contributed by atoms with van der Waals surface area (Å²) in [6.45, 7) is 2.28. The molecule has 6 nitrogen and oxygen atoms in total. The van der Waals surface area contributed by atoms with Crippen molar-refractivity contribution >= 4 is 5.91 Å². The van der Waals surface area contributed by atoms with E-state index < -0.39 is 5.63 Å². The van der Waals surface area contributed by atoms with E-state index in [-0.39, 0.29) is 24.6 Å². The Labute approximate surface area is 127 Å². The van der Waals surface area contributed by atoms with E-state index >= 15 is 0 Å². The van der Waals surface area contributed by atoms with Gasteiger partial charge in [-0.15, -0.1) is 0 Å². The summed E-state index contributed by atoms with van der Waals surface area (Å²) in [4.78, 5) is 26.5. The van der Waals surface area contributed by atoms with Gasteiger partial charge in [0.15, 0.2) is 0 Å². The number of amides is 1. The standard InChI is InChI=1S/C16H14N2O4/c1-12-4-6-14(10-18-12)21-9-3-2-8-17-16(20)13-5-7-15(19)22-11-13/h4-7,10-11H,8-9H2,1H3,(H,17,20). The third-order valence-corrected chi connectivity index (χ3v) is 2.62. The van der Waals surface area contributed by atoms with Crippen LogP contribution in [0.15, 0.2) is 45.9 Å². The molecule has 2 heterocycles. The summed E-state index contributed by atoms with van der Waals surface area (Å²) >= 11 is 0. The summed E-state index contributed by atoms with van der Waals surface area (Å²) in [5.74, 6) is 5.82. The SMILES string of the molecule is Cc1ccc(OCC#CCNC(=O)c2ccc(=O)oc2)cn1. The summed E-state index contributed by atoms with van der Waals surface area (Å²) in [5.41, 5.74) is 0.681. The van der Waals surface area contributed by atoms with E-state index in [4.69, 9.17) is 4.74 Å². The Bertz CT molecular complexity index is 734.